The third-order valence-corrected chi connectivity index (χ3v) is 1.36. The van der Waals surface area contributed by atoms with Gasteiger partial charge in [-0.15, -0.1) is 0 Å². The van der Waals surface area contributed by atoms with Crippen molar-refractivity contribution < 1.29 is 19.8 Å². The summed E-state index contributed by atoms with van der Waals surface area (Å²) in [6.45, 7) is 0. The first-order valence-corrected chi connectivity index (χ1v) is 6.18. The van der Waals surface area contributed by atoms with Gasteiger partial charge in [-0.1, -0.05) is 6.07 Å². The summed E-state index contributed by atoms with van der Waals surface area (Å²) in [7, 11) is 0. The molecule has 0 saturated heterocycles. The summed E-state index contributed by atoms with van der Waals surface area (Å²) in [5.74, 6) is -2.25. The van der Waals surface area contributed by atoms with Crippen LogP contribution in [-0.4, -0.2) is 50.1 Å². The molecule has 0 radical (unpaired) electrons. The van der Waals surface area contributed by atoms with Crippen molar-refractivity contribution >= 4 is 39.9 Å². The summed E-state index contributed by atoms with van der Waals surface area (Å²) in [6, 6.07) is 5.20. The molecule has 70 valence electrons. The molecule has 0 aliphatic heterocycles. The Hall–Kier alpha value is -0.840. The van der Waals surface area contributed by atoms with Crippen LogP contribution in [-0.2, 0) is 0 Å². The van der Waals surface area contributed by atoms with E-state index in [4.69, 9.17) is 10.2 Å². The van der Waals surface area contributed by atoms with Crippen LogP contribution in [0.1, 0.15) is 20.7 Å². The first-order valence-electron chi connectivity index (χ1n) is 4.18. The van der Waals surface area contributed by atoms with Crippen molar-refractivity contribution in [2.24, 2.45) is 0 Å². The molecule has 0 bridgehead atoms. The molecule has 0 aliphatic rings. The van der Waals surface area contributed by atoms with Crippen molar-refractivity contribution in [3.8, 4) is 0 Å². The van der Waals surface area contributed by atoms with Crippen LogP contribution >= 0.6 is 0 Å². The zero-order valence-corrected chi connectivity index (χ0v) is 10.0. The van der Waals surface area contributed by atoms with Crippen molar-refractivity contribution in [2.45, 2.75) is 4.17 Å². The third kappa shape index (κ3) is 3.91. The monoisotopic (exact) mass is 204 g/mol. The molecule has 0 aromatic heterocycles. The second-order valence-corrected chi connectivity index (χ2v) is 2.19. The first-order chi connectivity index (χ1) is 6.61. The molecule has 0 unspecified atom stereocenters. The van der Waals surface area contributed by atoms with E-state index in [9.17, 15) is 9.59 Å². The van der Waals surface area contributed by atoms with E-state index in [1.807, 2.05) is 0 Å². The summed E-state index contributed by atoms with van der Waals surface area (Å²) in [5.41, 5.74) is -0.0372. The van der Waals surface area contributed by atoms with Crippen molar-refractivity contribution in [3.05, 3.63) is 35.4 Å². The van der Waals surface area contributed by atoms with Crippen LogP contribution in [0.5, 0.6) is 0 Å². The Bertz CT molecular complexity index is 306. The van der Waals surface area contributed by atoms with E-state index < -0.39 is 11.9 Å². The molecular formula is C9H9NaO4. The average molecular weight is 204 g/mol. The second kappa shape index (κ2) is 6.59. The maximum atomic E-state index is 10.4. The van der Waals surface area contributed by atoms with Crippen LogP contribution in [0.25, 0.3) is 0 Å². The second-order valence-electron chi connectivity index (χ2n) is 2.19. The summed E-state index contributed by atoms with van der Waals surface area (Å²) in [4.78, 5) is 20.8. The summed E-state index contributed by atoms with van der Waals surface area (Å²) < 4.78 is 2.14. The Labute approximate surface area is 99.0 Å². The number of carboxylic acids is 2. The van der Waals surface area contributed by atoms with E-state index in [0.29, 0.717) is 0 Å². The summed E-state index contributed by atoms with van der Waals surface area (Å²) in [6.07, 6.45) is 0. The van der Waals surface area contributed by atoms with Gasteiger partial charge in [0.2, 0.25) is 0 Å². The van der Waals surface area contributed by atoms with E-state index in [2.05, 4.69) is 4.17 Å². The number of aromatic carboxylic acids is 2. The van der Waals surface area contributed by atoms with Gasteiger partial charge in [0.1, 0.15) is 0 Å². The van der Waals surface area contributed by atoms with Gasteiger partial charge in [0.25, 0.3) is 0 Å². The van der Waals surface area contributed by atoms with Gasteiger partial charge in [-0.25, -0.2) is 9.59 Å². The van der Waals surface area contributed by atoms with Gasteiger partial charge in [-0.05, 0) is 18.2 Å². The Morgan fingerprint density at radius 2 is 1.43 bits per heavy atom. The molecular weight excluding hydrogens is 195 g/mol. The quantitative estimate of drug-likeness (QED) is 0.711. The molecule has 14 heavy (non-hydrogen) atoms. The molecule has 0 fully saturated rings. The van der Waals surface area contributed by atoms with Crippen LogP contribution in [0.15, 0.2) is 24.3 Å². The van der Waals surface area contributed by atoms with Gasteiger partial charge in [0.05, 0.1) is 11.1 Å². The molecule has 1 aromatic rings. The molecule has 4 nitrogen and oxygen atoms in total. The molecule has 5 heteroatoms. The summed E-state index contributed by atoms with van der Waals surface area (Å²) >= 11 is 1.31. The molecule has 0 amide bonds. The van der Waals surface area contributed by atoms with Crippen molar-refractivity contribution in [2.75, 3.05) is 0 Å². The van der Waals surface area contributed by atoms with Gasteiger partial charge in [-0.3, -0.25) is 0 Å². The van der Waals surface area contributed by atoms with Crippen LogP contribution in [0.3, 0.4) is 0 Å². The molecule has 0 aliphatic carbocycles. The fraction of sp³-hybridized carbons (Fsp3) is 0.111. The molecule has 2 N–H and O–H groups in total. The Balaban J connectivity index is 0.000000791. The van der Waals surface area contributed by atoms with Gasteiger partial charge in [0.15, 0.2) is 0 Å². The minimum atomic E-state index is -1.13. The first kappa shape index (κ1) is 13.2. The van der Waals surface area contributed by atoms with Crippen LogP contribution < -0.4 is 0 Å². The predicted octanol–water partition coefficient (Wildman–Crippen LogP) is 1.29. The zero-order chi connectivity index (χ0) is 11.1. The van der Waals surface area contributed by atoms with Gasteiger partial charge in [0, 0.05) is 0 Å². The number of carboxylic acid groups (broad SMARTS) is 2. The van der Waals surface area contributed by atoms with Gasteiger partial charge >= 0.3 is 44.0 Å². The fourth-order valence-corrected chi connectivity index (χ4v) is 0.785. The van der Waals surface area contributed by atoms with E-state index in [1.165, 1.54) is 46.1 Å². The third-order valence-electron chi connectivity index (χ3n) is 1.36. The van der Waals surface area contributed by atoms with E-state index >= 15 is 0 Å². The number of rotatable bonds is 2. The van der Waals surface area contributed by atoms with Crippen LogP contribution in [0.2, 0.25) is 4.17 Å². The fourth-order valence-electron chi connectivity index (χ4n) is 0.785. The molecule has 0 spiro atoms. The standard InChI is InChI=1S/C8H6O4.CH3.Na/c9-7(10)5-2-1-3-6(4-5)8(11)12;;/h1-4H,(H,9,10)(H,11,12);1H3;. The molecule has 0 atom stereocenters. The van der Waals surface area contributed by atoms with Crippen molar-refractivity contribution in [1.82, 2.24) is 0 Å². The topological polar surface area (TPSA) is 74.6 Å². The summed E-state index contributed by atoms with van der Waals surface area (Å²) in [5, 5.41) is 17.0. The van der Waals surface area contributed by atoms with E-state index in [0.717, 1.165) is 6.07 Å². The maximum absolute atomic E-state index is 10.4. The van der Waals surface area contributed by atoms with Crippen molar-refractivity contribution in [1.29, 1.82) is 0 Å². The van der Waals surface area contributed by atoms with Crippen LogP contribution in [0.4, 0.5) is 0 Å². The van der Waals surface area contributed by atoms with Gasteiger partial charge < -0.3 is 10.2 Å². The zero-order valence-electron chi connectivity index (χ0n) is 8.02. The number of benzene rings is 1. The SMILES string of the molecule is O=C(O)c1cccc(C(=O)O)c1.[CH3][Na]. The Morgan fingerprint density at radius 1 is 1.07 bits per heavy atom. The average Bonchev–Trinajstić information content (AvgIpc) is 2.21. The molecule has 0 heterocycles. The number of carbonyl (C=O) groups is 2. The normalized spacial score (nSPS) is 8.50. The Morgan fingerprint density at radius 3 is 1.71 bits per heavy atom. The van der Waals surface area contributed by atoms with Gasteiger partial charge in [-0.2, -0.15) is 0 Å². The Kier molecular flexibility index (Phi) is 6.19. The number of hydrogen-bond acceptors (Lipinski definition) is 2. The predicted molar refractivity (Wildman–Crippen MR) is 52.0 cm³/mol. The van der Waals surface area contributed by atoms with E-state index in [1.54, 1.807) is 0 Å². The molecule has 0 saturated carbocycles. The van der Waals surface area contributed by atoms with Crippen molar-refractivity contribution in [3.63, 3.8) is 0 Å². The van der Waals surface area contributed by atoms with Crippen LogP contribution in [0, 0.1) is 0 Å². The van der Waals surface area contributed by atoms with E-state index in [-0.39, 0.29) is 11.1 Å². The minimum absolute atomic E-state index is 0.0186. The number of hydrogen-bond donors (Lipinski definition) is 2. The molecule has 1 aromatic carbocycles. The molecule has 1 rings (SSSR count).